The number of carbonyl (C=O) groups excluding carboxylic acids is 1. The predicted octanol–water partition coefficient (Wildman–Crippen LogP) is 3.29. The van der Waals surface area contributed by atoms with Crippen LogP contribution in [0.2, 0.25) is 5.02 Å². The highest BCUT2D eigenvalue weighted by molar-refractivity contribution is 6.31. The zero-order chi connectivity index (χ0) is 21.6. The molecule has 0 saturated carbocycles. The molecule has 9 heteroatoms. The molecule has 8 nitrogen and oxygen atoms in total. The first-order valence-corrected chi connectivity index (χ1v) is 10.4. The molecule has 1 saturated heterocycles. The smallest absolute Gasteiger partial charge is 0.220 e. The number of rotatable bonds is 5. The number of carbonyl (C=O) groups is 1. The maximum absolute atomic E-state index is 11.9. The molecule has 3 aromatic rings. The number of halogens is 1. The van der Waals surface area contributed by atoms with E-state index in [1.54, 1.807) is 0 Å². The van der Waals surface area contributed by atoms with Crippen LogP contribution in [0.4, 0.5) is 5.82 Å². The van der Waals surface area contributed by atoms with Crippen molar-refractivity contribution in [2.24, 2.45) is 0 Å². The van der Waals surface area contributed by atoms with Gasteiger partial charge >= 0.3 is 0 Å². The van der Waals surface area contributed by atoms with E-state index in [0.29, 0.717) is 36.1 Å². The third-order valence-corrected chi connectivity index (χ3v) is 6.13. The number of amides is 1. The molecule has 1 aliphatic rings. The van der Waals surface area contributed by atoms with Crippen molar-refractivity contribution in [3.05, 3.63) is 39.8 Å². The van der Waals surface area contributed by atoms with Crippen LogP contribution in [-0.4, -0.2) is 38.8 Å². The van der Waals surface area contributed by atoms with Gasteiger partial charge in [0, 0.05) is 35.0 Å². The number of nitrogens with two attached hydrogens (primary N) is 1. The fourth-order valence-corrected chi connectivity index (χ4v) is 4.47. The zero-order valence-electron chi connectivity index (χ0n) is 17.5. The molecule has 0 bridgehead atoms. The van der Waals surface area contributed by atoms with Crippen molar-refractivity contribution in [3.8, 4) is 5.75 Å². The second kappa shape index (κ2) is 7.75. The van der Waals surface area contributed by atoms with E-state index in [4.69, 9.17) is 22.1 Å². The van der Waals surface area contributed by atoms with Crippen molar-refractivity contribution >= 4 is 34.4 Å². The van der Waals surface area contributed by atoms with Crippen LogP contribution in [0.25, 0.3) is 11.0 Å². The third kappa shape index (κ3) is 3.25. The fraction of sp³-hybridized carbons (Fsp3) is 0.429. The van der Waals surface area contributed by atoms with Gasteiger partial charge in [0.2, 0.25) is 5.91 Å². The van der Waals surface area contributed by atoms with E-state index in [9.17, 15) is 4.79 Å². The molecule has 0 radical (unpaired) electrons. The highest BCUT2D eigenvalue weighted by Gasteiger charge is 2.31. The lowest BCUT2D eigenvalue weighted by atomic mass is 9.89. The number of hydrogen-bond acceptors (Lipinski definition) is 6. The Morgan fingerprint density at radius 1 is 1.40 bits per heavy atom. The van der Waals surface area contributed by atoms with E-state index in [1.165, 1.54) is 6.33 Å². The number of aryl methyl sites for hydroxylation is 1. The molecule has 0 spiro atoms. The van der Waals surface area contributed by atoms with E-state index in [2.05, 4.69) is 20.4 Å². The molecule has 4 rings (SSSR count). The molecule has 30 heavy (non-hydrogen) atoms. The van der Waals surface area contributed by atoms with Gasteiger partial charge in [0.15, 0.2) is 5.65 Å². The molecule has 2 atom stereocenters. The Bertz CT molecular complexity index is 1140. The van der Waals surface area contributed by atoms with E-state index >= 15 is 0 Å². The lowest BCUT2D eigenvalue weighted by Crippen LogP contribution is -2.16. The summed E-state index contributed by atoms with van der Waals surface area (Å²) >= 11 is 6.65. The lowest BCUT2D eigenvalue weighted by Gasteiger charge is -2.25. The van der Waals surface area contributed by atoms with Crippen molar-refractivity contribution in [2.75, 3.05) is 18.9 Å². The van der Waals surface area contributed by atoms with Crippen LogP contribution in [0.5, 0.6) is 5.75 Å². The molecule has 0 unspecified atom stereocenters. The normalized spacial score (nSPS) is 17.4. The first kappa shape index (κ1) is 20.4. The van der Waals surface area contributed by atoms with Gasteiger partial charge in [-0.1, -0.05) is 11.6 Å². The van der Waals surface area contributed by atoms with Crippen LogP contribution < -0.4 is 15.8 Å². The molecule has 1 amide bonds. The second-order valence-corrected chi connectivity index (χ2v) is 8.02. The monoisotopic (exact) mass is 428 g/mol. The molecular weight excluding hydrogens is 404 g/mol. The number of anilines is 1. The maximum Gasteiger partial charge on any atom is 0.220 e. The number of benzene rings is 1. The summed E-state index contributed by atoms with van der Waals surface area (Å²) in [6.45, 7) is 8.89. The van der Waals surface area contributed by atoms with Gasteiger partial charge in [-0.25, -0.2) is 14.6 Å². The van der Waals surface area contributed by atoms with Crippen LogP contribution >= 0.6 is 11.6 Å². The minimum absolute atomic E-state index is 0.0118. The highest BCUT2D eigenvalue weighted by Crippen LogP contribution is 2.43. The number of nitrogen functional groups attached to an aromatic ring is 1. The Labute approximate surface area is 179 Å². The third-order valence-electron chi connectivity index (χ3n) is 5.74. The van der Waals surface area contributed by atoms with Gasteiger partial charge in [0.05, 0.1) is 23.7 Å². The Balaban J connectivity index is 1.91. The van der Waals surface area contributed by atoms with Crippen molar-refractivity contribution in [1.82, 2.24) is 25.1 Å². The van der Waals surface area contributed by atoms with Gasteiger partial charge in [-0.3, -0.25) is 4.79 Å². The van der Waals surface area contributed by atoms with Gasteiger partial charge in [0.25, 0.3) is 0 Å². The molecular formula is C21H25ClN6O2. The zero-order valence-corrected chi connectivity index (χ0v) is 18.2. The largest absolute Gasteiger partial charge is 0.493 e. The minimum atomic E-state index is -0.223. The van der Waals surface area contributed by atoms with E-state index in [1.807, 2.05) is 38.4 Å². The molecule has 1 aromatic carbocycles. The quantitative estimate of drug-likeness (QED) is 0.645. The first-order chi connectivity index (χ1) is 14.3. The Morgan fingerprint density at radius 2 is 2.17 bits per heavy atom. The molecule has 1 aliphatic heterocycles. The van der Waals surface area contributed by atoms with Gasteiger partial charge in [-0.05, 0) is 39.3 Å². The summed E-state index contributed by atoms with van der Waals surface area (Å²) in [7, 11) is 0. The Morgan fingerprint density at radius 3 is 2.83 bits per heavy atom. The lowest BCUT2D eigenvalue weighted by molar-refractivity contribution is -0.119. The maximum atomic E-state index is 11.9. The summed E-state index contributed by atoms with van der Waals surface area (Å²) in [4.78, 5) is 20.4. The standard InChI is InChI=1S/C21H25ClN6O2/c1-5-30-19-14(7-15(22)10(2)17(19)13-6-16(29)24-8-13)12(4)28-21-18(11(3)27-28)20(23)25-9-26-21/h7,9,12-13H,5-6,8H2,1-4H3,(H,24,29)(H2,23,25,26)/t12-,13+/m0/s1. The van der Waals surface area contributed by atoms with Crippen molar-refractivity contribution in [3.63, 3.8) is 0 Å². The summed E-state index contributed by atoms with van der Waals surface area (Å²) in [5, 5.41) is 8.98. The van der Waals surface area contributed by atoms with Gasteiger partial charge in [-0.2, -0.15) is 5.10 Å². The molecule has 2 aromatic heterocycles. The molecule has 3 heterocycles. The molecule has 3 N–H and O–H groups in total. The number of aromatic nitrogens is 4. The van der Waals surface area contributed by atoms with Gasteiger partial charge in [0.1, 0.15) is 17.9 Å². The molecule has 1 fully saturated rings. The Hall–Kier alpha value is -2.87. The number of ether oxygens (including phenoxy) is 1. The second-order valence-electron chi connectivity index (χ2n) is 7.62. The average molecular weight is 429 g/mol. The van der Waals surface area contributed by atoms with Crippen molar-refractivity contribution in [2.45, 2.75) is 46.1 Å². The van der Waals surface area contributed by atoms with Crippen molar-refractivity contribution in [1.29, 1.82) is 0 Å². The van der Waals surface area contributed by atoms with Gasteiger partial charge in [-0.15, -0.1) is 0 Å². The Kier molecular flexibility index (Phi) is 5.27. The van der Waals surface area contributed by atoms with Crippen LogP contribution in [0, 0.1) is 13.8 Å². The van der Waals surface area contributed by atoms with Crippen LogP contribution in [-0.2, 0) is 4.79 Å². The van der Waals surface area contributed by atoms with Gasteiger partial charge < -0.3 is 15.8 Å². The topological polar surface area (TPSA) is 108 Å². The SMILES string of the molecule is CCOc1c([C@H](C)n2nc(C)c3c(N)ncnc32)cc(Cl)c(C)c1[C@H]1CNC(=O)C1. The van der Waals surface area contributed by atoms with E-state index < -0.39 is 0 Å². The number of fused-ring (bicyclic) bond motifs is 1. The number of nitrogens with zero attached hydrogens (tertiary/aromatic N) is 4. The first-order valence-electron chi connectivity index (χ1n) is 10.0. The minimum Gasteiger partial charge on any atom is -0.493 e. The predicted molar refractivity (Wildman–Crippen MR) is 116 cm³/mol. The van der Waals surface area contributed by atoms with E-state index in [0.717, 1.165) is 33.5 Å². The van der Waals surface area contributed by atoms with Crippen LogP contribution in [0.3, 0.4) is 0 Å². The molecule has 0 aliphatic carbocycles. The summed E-state index contributed by atoms with van der Waals surface area (Å²) in [6, 6.07) is 1.70. The van der Waals surface area contributed by atoms with Crippen LogP contribution in [0.1, 0.15) is 54.6 Å². The van der Waals surface area contributed by atoms with Crippen LogP contribution in [0.15, 0.2) is 12.4 Å². The fourth-order valence-electron chi connectivity index (χ4n) is 4.25. The summed E-state index contributed by atoms with van der Waals surface area (Å²) in [5.41, 5.74) is 10.3. The van der Waals surface area contributed by atoms with E-state index in [-0.39, 0.29) is 17.9 Å². The summed E-state index contributed by atoms with van der Waals surface area (Å²) in [5.74, 6) is 1.21. The summed E-state index contributed by atoms with van der Waals surface area (Å²) < 4.78 is 7.97. The number of nitrogens with one attached hydrogen (secondary N) is 1. The van der Waals surface area contributed by atoms with Crippen molar-refractivity contribution < 1.29 is 9.53 Å². The highest BCUT2D eigenvalue weighted by atomic mass is 35.5. The summed E-state index contributed by atoms with van der Waals surface area (Å²) in [6.07, 6.45) is 1.86. The average Bonchev–Trinajstić information content (AvgIpc) is 3.28. The molecule has 158 valence electrons. The number of hydrogen-bond donors (Lipinski definition) is 2.